The molecule has 3 heteroatoms. The van der Waals surface area contributed by atoms with E-state index in [1.54, 1.807) is 0 Å². The van der Waals surface area contributed by atoms with Crippen LogP contribution in [0.2, 0.25) is 0 Å². The quantitative estimate of drug-likeness (QED) is 0.324. The van der Waals surface area contributed by atoms with Crippen molar-refractivity contribution in [3.05, 3.63) is 115 Å². The van der Waals surface area contributed by atoms with Crippen molar-refractivity contribution in [3.8, 4) is 33.6 Å². The van der Waals surface area contributed by atoms with Crippen LogP contribution in [0.5, 0.6) is 0 Å². The second kappa shape index (κ2) is 6.89. The van der Waals surface area contributed by atoms with Crippen molar-refractivity contribution in [2.24, 2.45) is 0 Å². The lowest BCUT2D eigenvalue weighted by molar-refractivity contribution is 0.152. The number of hydrogen-bond acceptors (Lipinski definition) is 2. The highest BCUT2D eigenvalue weighted by molar-refractivity contribution is 6.07. The molecular formula is C30H20N2O. The van der Waals surface area contributed by atoms with Crippen LogP contribution in [0.1, 0.15) is 11.8 Å². The van der Waals surface area contributed by atoms with Crippen LogP contribution in [0.4, 0.5) is 0 Å². The Morgan fingerprint density at radius 3 is 2.18 bits per heavy atom. The SMILES string of the molecule is OC1c2ccc(-c3ccccc3)c3cccc(c23)-c2nc3ccc(-c4ccccc4)cc3n21. The number of aromatic nitrogens is 2. The normalized spacial score (nSPS) is 14.5. The molecular weight excluding hydrogens is 404 g/mol. The fraction of sp³-hybridized carbons (Fsp3) is 0.0333. The summed E-state index contributed by atoms with van der Waals surface area (Å²) in [6.07, 6.45) is -0.793. The first kappa shape index (κ1) is 18.4. The monoisotopic (exact) mass is 424 g/mol. The van der Waals surface area contributed by atoms with Gasteiger partial charge in [0.05, 0.1) is 11.0 Å². The molecule has 0 radical (unpaired) electrons. The fourth-order valence-corrected chi connectivity index (χ4v) is 5.18. The van der Waals surface area contributed by atoms with Crippen LogP contribution in [-0.2, 0) is 0 Å². The summed E-state index contributed by atoms with van der Waals surface area (Å²) < 4.78 is 1.97. The zero-order chi connectivity index (χ0) is 21.9. The van der Waals surface area contributed by atoms with Crippen molar-refractivity contribution in [1.82, 2.24) is 9.55 Å². The van der Waals surface area contributed by atoms with Crippen molar-refractivity contribution < 1.29 is 5.11 Å². The van der Waals surface area contributed by atoms with Crippen LogP contribution in [0, 0.1) is 0 Å². The highest BCUT2D eigenvalue weighted by atomic mass is 16.3. The Morgan fingerprint density at radius 2 is 1.39 bits per heavy atom. The maximum atomic E-state index is 11.6. The molecule has 1 aliphatic rings. The highest BCUT2D eigenvalue weighted by Crippen LogP contribution is 2.45. The van der Waals surface area contributed by atoms with Crippen LogP contribution >= 0.6 is 0 Å². The van der Waals surface area contributed by atoms with Gasteiger partial charge in [0.1, 0.15) is 5.82 Å². The number of aliphatic hydroxyl groups is 1. The van der Waals surface area contributed by atoms with Crippen LogP contribution < -0.4 is 0 Å². The number of imidazole rings is 1. The molecule has 156 valence electrons. The summed E-state index contributed by atoms with van der Waals surface area (Å²) in [5.74, 6) is 0.811. The van der Waals surface area contributed by atoms with Crippen molar-refractivity contribution in [1.29, 1.82) is 0 Å². The van der Waals surface area contributed by atoms with Gasteiger partial charge in [0, 0.05) is 16.5 Å². The Hall–Kier alpha value is -4.21. The second-order valence-electron chi connectivity index (χ2n) is 8.55. The molecule has 5 aromatic carbocycles. The average Bonchev–Trinajstić information content (AvgIpc) is 3.27. The number of rotatable bonds is 2. The number of hydrogen-bond donors (Lipinski definition) is 1. The van der Waals surface area contributed by atoms with Crippen LogP contribution in [-0.4, -0.2) is 14.7 Å². The molecule has 0 fully saturated rings. The summed E-state index contributed by atoms with van der Waals surface area (Å²) in [6.45, 7) is 0. The molecule has 7 rings (SSSR count). The largest absolute Gasteiger partial charge is 0.369 e. The molecule has 1 aliphatic heterocycles. The van der Waals surface area contributed by atoms with Gasteiger partial charge in [0.2, 0.25) is 0 Å². The minimum Gasteiger partial charge on any atom is -0.369 e. The second-order valence-corrected chi connectivity index (χ2v) is 8.55. The van der Waals surface area contributed by atoms with Gasteiger partial charge < -0.3 is 5.11 Å². The molecule has 0 bridgehead atoms. The number of fused-ring (bicyclic) bond motifs is 4. The first-order valence-electron chi connectivity index (χ1n) is 11.2. The molecule has 3 nitrogen and oxygen atoms in total. The van der Waals surface area contributed by atoms with Gasteiger partial charge in [0.25, 0.3) is 0 Å². The molecule has 0 aliphatic carbocycles. The molecule has 6 aromatic rings. The zero-order valence-electron chi connectivity index (χ0n) is 17.8. The molecule has 2 heterocycles. The lowest BCUT2D eigenvalue weighted by atomic mass is 9.89. The lowest BCUT2D eigenvalue weighted by Gasteiger charge is -2.26. The molecule has 0 amide bonds. The summed E-state index contributed by atoms with van der Waals surface area (Å²) in [7, 11) is 0. The Labute approximate surface area is 191 Å². The molecule has 1 unspecified atom stereocenters. The molecule has 1 aromatic heterocycles. The zero-order valence-corrected chi connectivity index (χ0v) is 17.8. The van der Waals surface area contributed by atoms with Crippen molar-refractivity contribution >= 4 is 21.8 Å². The predicted molar refractivity (Wildman–Crippen MR) is 134 cm³/mol. The van der Waals surface area contributed by atoms with Crippen molar-refractivity contribution in [3.63, 3.8) is 0 Å². The Bertz CT molecular complexity index is 1670. The Morgan fingerprint density at radius 1 is 0.636 bits per heavy atom. The highest BCUT2D eigenvalue weighted by Gasteiger charge is 2.29. The average molecular weight is 425 g/mol. The summed E-state index contributed by atoms with van der Waals surface area (Å²) in [5.41, 5.74) is 8.39. The summed E-state index contributed by atoms with van der Waals surface area (Å²) in [5, 5.41) is 13.8. The van der Waals surface area contributed by atoms with E-state index < -0.39 is 6.23 Å². The van der Waals surface area contributed by atoms with Gasteiger partial charge in [-0.2, -0.15) is 0 Å². The molecule has 1 N–H and O–H groups in total. The van der Waals surface area contributed by atoms with Gasteiger partial charge >= 0.3 is 0 Å². The van der Waals surface area contributed by atoms with E-state index in [-0.39, 0.29) is 0 Å². The number of nitrogens with zero attached hydrogens (tertiary/aromatic N) is 2. The maximum Gasteiger partial charge on any atom is 0.159 e. The van der Waals surface area contributed by atoms with Gasteiger partial charge in [-0.25, -0.2) is 4.98 Å². The first-order valence-corrected chi connectivity index (χ1v) is 11.2. The van der Waals surface area contributed by atoms with E-state index in [2.05, 4.69) is 84.9 Å². The molecule has 1 atom stereocenters. The van der Waals surface area contributed by atoms with Gasteiger partial charge in [-0.1, -0.05) is 97.1 Å². The third-order valence-electron chi connectivity index (χ3n) is 6.72. The third kappa shape index (κ3) is 2.63. The third-order valence-corrected chi connectivity index (χ3v) is 6.72. The minimum atomic E-state index is -0.793. The van der Waals surface area contributed by atoms with Gasteiger partial charge in [0.15, 0.2) is 6.23 Å². The van der Waals surface area contributed by atoms with Crippen molar-refractivity contribution in [2.45, 2.75) is 6.23 Å². The van der Waals surface area contributed by atoms with Gasteiger partial charge in [-0.05, 0) is 39.8 Å². The van der Waals surface area contributed by atoms with E-state index >= 15 is 0 Å². The first-order chi connectivity index (χ1) is 16.3. The smallest absolute Gasteiger partial charge is 0.159 e. The topological polar surface area (TPSA) is 38.1 Å². The van der Waals surface area contributed by atoms with E-state index in [1.807, 2.05) is 28.8 Å². The minimum absolute atomic E-state index is 0.793. The van der Waals surface area contributed by atoms with Crippen molar-refractivity contribution in [2.75, 3.05) is 0 Å². The molecule has 0 spiro atoms. The van der Waals surface area contributed by atoms with Gasteiger partial charge in [-0.3, -0.25) is 4.57 Å². The molecule has 33 heavy (non-hydrogen) atoms. The van der Waals surface area contributed by atoms with E-state index in [0.29, 0.717) is 0 Å². The summed E-state index contributed by atoms with van der Waals surface area (Å²) >= 11 is 0. The summed E-state index contributed by atoms with van der Waals surface area (Å²) in [4.78, 5) is 4.97. The van der Waals surface area contributed by atoms with Gasteiger partial charge in [-0.15, -0.1) is 0 Å². The Kier molecular flexibility index (Phi) is 3.84. The van der Waals surface area contributed by atoms with Crippen LogP contribution in [0.15, 0.2) is 109 Å². The van der Waals surface area contributed by atoms with E-state index in [9.17, 15) is 5.11 Å². The molecule has 0 saturated heterocycles. The number of aliphatic hydroxyl groups excluding tert-OH is 1. The van der Waals surface area contributed by atoms with E-state index in [0.717, 1.165) is 49.9 Å². The molecule has 0 saturated carbocycles. The maximum absolute atomic E-state index is 11.6. The standard InChI is InChI=1S/C30H20N2O/c33-30-25-16-15-22(20-10-5-2-6-11-20)23-12-7-13-24(28(23)25)29-31-26-17-14-21(18-27(26)32(29)30)19-8-3-1-4-9-19/h1-18,30,33H. The summed E-state index contributed by atoms with van der Waals surface area (Å²) in [6, 6.07) is 37.5. The van der Waals surface area contributed by atoms with Crippen LogP contribution in [0.3, 0.4) is 0 Å². The number of benzene rings is 5. The van der Waals surface area contributed by atoms with E-state index in [4.69, 9.17) is 4.98 Å². The Balaban J connectivity index is 1.51. The van der Waals surface area contributed by atoms with E-state index in [1.165, 1.54) is 11.1 Å². The van der Waals surface area contributed by atoms with Crippen LogP contribution in [0.25, 0.3) is 55.4 Å². The lowest BCUT2D eigenvalue weighted by Crippen LogP contribution is -2.16. The fourth-order valence-electron chi connectivity index (χ4n) is 5.18. The predicted octanol–water partition coefficient (Wildman–Crippen LogP) is 7.04.